The molecule has 0 aromatic carbocycles. The summed E-state index contributed by atoms with van der Waals surface area (Å²) < 4.78 is 2.06. The highest BCUT2D eigenvalue weighted by Crippen LogP contribution is 2.34. The third-order valence-electron chi connectivity index (χ3n) is 3.74. The smallest absolute Gasteiger partial charge is 0.0522 e. The second-order valence-electron chi connectivity index (χ2n) is 4.48. The van der Waals surface area contributed by atoms with Gasteiger partial charge in [0.2, 0.25) is 0 Å². The molecule has 0 spiro atoms. The normalized spacial score (nSPS) is 18.8. The summed E-state index contributed by atoms with van der Waals surface area (Å²) in [5.74, 6) is 0. The Morgan fingerprint density at radius 2 is 2.27 bits per heavy atom. The van der Waals surface area contributed by atoms with Gasteiger partial charge in [-0.05, 0) is 38.7 Å². The van der Waals surface area contributed by atoms with Gasteiger partial charge in [0.05, 0.1) is 5.69 Å². The molecule has 0 radical (unpaired) electrons. The van der Waals surface area contributed by atoms with Crippen molar-refractivity contribution < 1.29 is 0 Å². The van der Waals surface area contributed by atoms with Gasteiger partial charge in [-0.2, -0.15) is 5.10 Å². The zero-order chi connectivity index (χ0) is 10.7. The quantitative estimate of drug-likeness (QED) is 0.803. The summed E-state index contributed by atoms with van der Waals surface area (Å²) in [4.78, 5) is 0. The fraction of sp³-hybridized carbons (Fsp3) is 0.750. The Bertz CT molecular complexity index is 307. The van der Waals surface area contributed by atoms with E-state index >= 15 is 0 Å². The minimum atomic E-state index is 0.433. The van der Waals surface area contributed by atoms with E-state index in [0.717, 1.165) is 13.1 Å². The third kappa shape index (κ3) is 2.07. The maximum absolute atomic E-state index is 4.28. The lowest BCUT2D eigenvalue weighted by Gasteiger charge is -2.42. The van der Waals surface area contributed by atoms with E-state index in [1.807, 2.05) is 6.20 Å². The van der Waals surface area contributed by atoms with Gasteiger partial charge in [0.25, 0.3) is 0 Å². The molecule has 84 valence electrons. The molecule has 1 aromatic heterocycles. The standard InChI is InChI=1S/C12H21N3/c1-3-12(7-5-8-12)13-10-11-6-9-14-15(11)4-2/h6,9,13H,3-5,7-8,10H2,1-2H3. The lowest BCUT2D eigenvalue weighted by molar-refractivity contribution is 0.174. The van der Waals surface area contributed by atoms with Crippen LogP contribution in [0, 0.1) is 0 Å². The molecule has 0 amide bonds. The number of rotatable bonds is 5. The molecule has 0 unspecified atom stereocenters. The maximum atomic E-state index is 4.28. The van der Waals surface area contributed by atoms with Crippen molar-refractivity contribution in [1.29, 1.82) is 0 Å². The van der Waals surface area contributed by atoms with Crippen LogP contribution in [-0.2, 0) is 13.1 Å². The Labute approximate surface area is 91.9 Å². The van der Waals surface area contributed by atoms with Gasteiger partial charge in [0, 0.05) is 24.8 Å². The Kier molecular flexibility index (Phi) is 3.10. The van der Waals surface area contributed by atoms with E-state index in [0.29, 0.717) is 5.54 Å². The Hall–Kier alpha value is -0.830. The average molecular weight is 207 g/mol. The molecule has 1 N–H and O–H groups in total. The van der Waals surface area contributed by atoms with Crippen LogP contribution in [0.25, 0.3) is 0 Å². The molecule has 3 nitrogen and oxygen atoms in total. The van der Waals surface area contributed by atoms with E-state index in [1.54, 1.807) is 0 Å². The highest BCUT2D eigenvalue weighted by Gasteiger charge is 2.34. The summed E-state index contributed by atoms with van der Waals surface area (Å²) in [6, 6.07) is 2.11. The van der Waals surface area contributed by atoms with E-state index in [9.17, 15) is 0 Å². The van der Waals surface area contributed by atoms with Crippen molar-refractivity contribution in [2.45, 2.75) is 58.2 Å². The summed E-state index contributed by atoms with van der Waals surface area (Å²) >= 11 is 0. The molecule has 1 heterocycles. The fourth-order valence-corrected chi connectivity index (χ4v) is 2.33. The summed E-state index contributed by atoms with van der Waals surface area (Å²) in [6.07, 6.45) is 7.19. The topological polar surface area (TPSA) is 29.9 Å². The van der Waals surface area contributed by atoms with Crippen LogP contribution in [0.4, 0.5) is 0 Å². The van der Waals surface area contributed by atoms with Crippen molar-refractivity contribution in [2.75, 3.05) is 0 Å². The molecule has 3 heteroatoms. The van der Waals surface area contributed by atoms with E-state index in [4.69, 9.17) is 0 Å². The minimum Gasteiger partial charge on any atom is -0.306 e. The van der Waals surface area contributed by atoms with Crippen molar-refractivity contribution in [3.63, 3.8) is 0 Å². The average Bonchev–Trinajstić information content (AvgIpc) is 2.64. The SMILES string of the molecule is CCn1nccc1CNC1(CC)CCC1. The van der Waals surface area contributed by atoms with Crippen LogP contribution >= 0.6 is 0 Å². The zero-order valence-electron chi connectivity index (χ0n) is 9.79. The molecule has 0 saturated heterocycles. The Morgan fingerprint density at radius 3 is 2.80 bits per heavy atom. The first-order valence-electron chi connectivity index (χ1n) is 6.05. The third-order valence-corrected chi connectivity index (χ3v) is 3.74. The van der Waals surface area contributed by atoms with Crippen molar-refractivity contribution in [2.24, 2.45) is 0 Å². The summed E-state index contributed by atoms with van der Waals surface area (Å²) in [7, 11) is 0. The first-order chi connectivity index (χ1) is 7.29. The highest BCUT2D eigenvalue weighted by atomic mass is 15.3. The van der Waals surface area contributed by atoms with Crippen LogP contribution in [-0.4, -0.2) is 15.3 Å². The number of aromatic nitrogens is 2. The molecular formula is C12H21N3. The van der Waals surface area contributed by atoms with Gasteiger partial charge >= 0.3 is 0 Å². The number of aryl methyl sites for hydroxylation is 1. The summed E-state index contributed by atoms with van der Waals surface area (Å²) in [5.41, 5.74) is 1.74. The second-order valence-corrected chi connectivity index (χ2v) is 4.48. The number of hydrogen-bond acceptors (Lipinski definition) is 2. The Morgan fingerprint density at radius 1 is 1.47 bits per heavy atom. The second kappa shape index (κ2) is 4.35. The molecule has 1 saturated carbocycles. The zero-order valence-corrected chi connectivity index (χ0v) is 9.79. The van der Waals surface area contributed by atoms with Crippen LogP contribution in [0.15, 0.2) is 12.3 Å². The van der Waals surface area contributed by atoms with Gasteiger partial charge in [-0.1, -0.05) is 6.92 Å². The molecular weight excluding hydrogens is 186 g/mol. The monoisotopic (exact) mass is 207 g/mol. The summed E-state index contributed by atoms with van der Waals surface area (Å²) in [5, 5.41) is 7.98. The molecule has 0 bridgehead atoms. The van der Waals surface area contributed by atoms with Crippen molar-refractivity contribution >= 4 is 0 Å². The highest BCUT2D eigenvalue weighted by molar-refractivity contribution is 5.03. The van der Waals surface area contributed by atoms with Gasteiger partial charge in [-0.3, -0.25) is 4.68 Å². The lowest BCUT2D eigenvalue weighted by Crippen LogP contribution is -2.50. The molecule has 0 aliphatic heterocycles. The number of hydrogen-bond donors (Lipinski definition) is 1. The van der Waals surface area contributed by atoms with Gasteiger partial charge in [-0.15, -0.1) is 0 Å². The minimum absolute atomic E-state index is 0.433. The fourth-order valence-electron chi connectivity index (χ4n) is 2.33. The van der Waals surface area contributed by atoms with Crippen LogP contribution in [0.2, 0.25) is 0 Å². The van der Waals surface area contributed by atoms with Gasteiger partial charge in [-0.25, -0.2) is 0 Å². The first kappa shape index (κ1) is 10.7. The molecule has 1 fully saturated rings. The van der Waals surface area contributed by atoms with E-state index < -0.39 is 0 Å². The molecule has 1 aliphatic rings. The van der Waals surface area contributed by atoms with Crippen LogP contribution < -0.4 is 5.32 Å². The number of nitrogens with one attached hydrogen (secondary N) is 1. The molecule has 15 heavy (non-hydrogen) atoms. The molecule has 1 aromatic rings. The maximum Gasteiger partial charge on any atom is 0.0522 e. The van der Waals surface area contributed by atoms with E-state index in [1.165, 1.54) is 31.4 Å². The van der Waals surface area contributed by atoms with Crippen LogP contribution in [0.3, 0.4) is 0 Å². The van der Waals surface area contributed by atoms with Crippen molar-refractivity contribution in [1.82, 2.24) is 15.1 Å². The van der Waals surface area contributed by atoms with Gasteiger partial charge in [0.15, 0.2) is 0 Å². The van der Waals surface area contributed by atoms with E-state index in [-0.39, 0.29) is 0 Å². The molecule has 1 aliphatic carbocycles. The number of nitrogens with zero attached hydrogens (tertiary/aromatic N) is 2. The first-order valence-corrected chi connectivity index (χ1v) is 6.05. The van der Waals surface area contributed by atoms with Gasteiger partial charge in [0.1, 0.15) is 0 Å². The lowest BCUT2D eigenvalue weighted by atomic mass is 9.75. The van der Waals surface area contributed by atoms with Crippen molar-refractivity contribution in [3.05, 3.63) is 18.0 Å². The molecule has 2 rings (SSSR count). The summed E-state index contributed by atoms with van der Waals surface area (Å²) in [6.45, 7) is 6.34. The van der Waals surface area contributed by atoms with Crippen molar-refractivity contribution in [3.8, 4) is 0 Å². The Balaban J connectivity index is 1.92. The predicted molar refractivity (Wildman–Crippen MR) is 61.6 cm³/mol. The van der Waals surface area contributed by atoms with Gasteiger partial charge < -0.3 is 5.32 Å². The van der Waals surface area contributed by atoms with Crippen LogP contribution in [0.1, 0.15) is 45.2 Å². The van der Waals surface area contributed by atoms with Crippen LogP contribution in [0.5, 0.6) is 0 Å². The molecule has 0 atom stereocenters. The largest absolute Gasteiger partial charge is 0.306 e. The van der Waals surface area contributed by atoms with E-state index in [2.05, 4.69) is 35.0 Å². The predicted octanol–water partition coefficient (Wildman–Crippen LogP) is 2.33.